The third-order valence-electron chi connectivity index (χ3n) is 3.73. The van der Waals surface area contributed by atoms with E-state index in [2.05, 4.69) is 38.0 Å². The molecule has 0 aliphatic heterocycles. The number of carbonyl (C=O) groups is 1. The first-order valence-corrected chi connectivity index (χ1v) is 7.74. The highest BCUT2D eigenvalue weighted by atomic mass is 16.1. The van der Waals surface area contributed by atoms with Crippen LogP contribution in [-0.2, 0) is 6.54 Å². The van der Waals surface area contributed by atoms with E-state index in [1.165, 1.54) is 10.2 Å². The van der Waals surface area contributed by atoms with Gasteiger partial charge >= 0.3 is 0 Å². The molecule has 0 aliphatic carbocycles. The summed E-state index contributed by atoms with van der Waals surface area (Å²) in [6.45, 7) is 6.87. The van der Waals surface area contributed by atoms with Gasteiger partial charge in [-0.3, -0.25) is 9.59 Å². The lowest BCUT2D eigenvalue weighted by Crippen LogP contribution is -2.26. The number of aryl methyl sites for hydroxylation is 1. The maximum Gasteiger partial charge on any atom is 0.277 e. The monoisotopic (exact) mass is 298 g/mol. The van der Waals surface area contributed by atoms with Crippen molar-refractivity contribution in [3.63, 3.8) is 0 Å². The van der Waals surface area contributed by atoms with E-state index in [9.17, 15) is 9.59 Å². The molecule has 1 heterocycles. The number of hydrogen-bond acceptors (Lipinski definition) is 3. The van der Waals surface area contributed by atoms with Crippen LogP contribution in [0.4, 0.5) is 0 Å². The Labute approximate surface area is 130 Å². The maximum absolute atomic E-state index is 12.1. The summed E-state index contributed by atoms with van der Waals surface area (Å²) in [6, 6.07) is 9.66. The van der Waals surface area contributed by atoms with Gasteiger partial charge in [0.15, 0.2) is 6.29 Å². The first-order valence-electron chi connectivity index (χ1n) is 7.74. The van der Waals surface area contributed by atoms with Crippen LogP contribution in [0.5, 0.6) is 0 Å². The Morgan fingerprint density at radius 1 is 1.23 bits per heavy atom. The summed E-state index contributed by atoms with van der Waals surface area (Å²) in [7, 11) is 0. The molecule has 0 saturated carbocycles. The number of carbonyl (C=O) groups excluding carboxylic acids is 1. The molecule has 116 valence electrons. The zero-order valence-corrected chi connectivity index (χ0v) is 13.4. The molecular formula is C18H22N2O2. The molecule has 2 rings (SSSR count). The topological polar surface area (TPSA) is 52.0 Å². The fraction of sp³-hybridized carbons (Fsp3) is 0.389. The van der Waals surface area contributed by atoms with Crippen molar-refractivity contribution in [3.05, 3.63) is 51.8 Å². The van der Waals surface area contributed by atoms with Crippen molar-refractivity contribution in [1.29, 1.82) is 0 Å². The van der Waals surface area contributed by atoms with Crippen molar-refractivity contribution in [2.24, 2.45) is 0 Å². The van der Waals surface area contributed by atoms with Gasteiger partial charge in [0.2, 0.25) is 0 Å². The summed E-state index contributed by atoms with van der Waals surface area (Å²) in [5.41, 5.74) is 2.67. The Hall–Kier alpha value is -2.23. The zero-order valence-electron chi connectivity index (χ0n) is 13.4. The maximum atomic E-state index is 12.1. The lowest BCUT2D eigenvalue weighted by atomic mass is 10.0. The van der Waals surface area contributed by atoms with Crippen molar-refractivity contribution in [2.75, 3.05) is 0 Å². The van der Waals surface area contributed by atoms with Crippen LogP contribution < -0.4 is 5.56 Å². The molecule has 0 N–H and O–H groups in total. The molecule has 4 nitrogen and oxygen atoms in total. The predicted octanol–water partition coefficient (Wildman–Crippen LogP) is 3.65. The van der Waals surface area contributed by atoms with E-state index in [4.69, 9.17) is 0 Å². The summed E-state index contributed by atoms with van der Waals surface area (Å²) in [6.07, 6.45) is 2.44. The van der Waals surface area contributed by atoms with Crippen LogP contribution in [0.3, 0.4) is 0 Å². The second kappa shape index (κ2) is 7.16. The molecular weight excluding hydrogens is 276 g/mol. The third kappa shape index (κ3) is 3.50. The Kier molecular flexibility index (Phi) is 5.26. The largest absolute Gasteiger partial charge is 0.298 e. The van der Waals surface area contributed by atoms with Gasteiger partial charge in [-0.25, -0.2) is 4.68 Å². The fourth-order valence-electron chi connectivity index (χ4n) is 2.29. The molecule has 0 radical (unpaired) electrons. The highest BCUT2D eigenvalue weighted by Crippen LogP contribution is 2.21. The van der Waals surface area contributed by atoms with E-state index in [-0.39, 0.29) is 11.1 Å². The summed E-state index contributed by atoms with van der Waals surface area (Å²) < 4.78 is 1.40. The Morgan fingerprint density at radius 3 is 2.45 bits per heavy atom. The molecule has 0 atom stereocenters. The molecule has 0 fully saturated rings. The summed E-state index contributed by atoms with van der Waals surface area (Å²) in [4.78, 5) is 23.2. The van der Waals surface area contributed by atoms with Crippen LogP contribution in [0.25, 0.3) is 11.3 Å². The summed E-state index contributed by atoms with van der Waals surface area (Å²) in [5, 5.41) is 4.41. The molecule has 0 aliphatic rings. The number of rotatable bonds is 6. The highest BCUT2D eigenvalue weighted by molar-refractivity contribution is 5.76. The predicted molar refractivity (Wildman–Crippen MR) is 88.3 cm³/mol. The Balaban J connectivity index is 2.45. The number of hydrogen-bond donors (Lipinski definition) is 0. The van der Waals surface area contributed by atoms with Crippen molar-refractivity contribution < 1.29 is 4.79 Å². The van der Waals surface area contributed by atoms with Crippen molar-refractivity contribution in [1.82, 2.24) is 9.78 Å². The minimum Gasteiger partial charge on any atom is -0.298 e. The first kappa shape index (κ1) is 16.1. The van der Waals surface area contributed by atoms with Gasteiger partial charge in [0, 0.05) is 12.1 Å². The molecule has 0 saturated heterocycles. The number of unbranched alkanes of at least 4 members (excludes halogenated alkanes) is 1. The standard InChI is InChI=1S/C18H22N2O2/c1-4-5-10-20-18(22)16(12-21)11-17(19-20)15-8-6-14(7-9-15)13(2)3/h6-9,11-13H,4-5,10H2,1-3H3. The molecule has 2 aromatic rings. The second-order valence-electron chi connectivity index (χ2n) is 5.76. The third-order valence-corrected chi connectivity index (χ3v) is 3.73. The van der Waals surface area contributed by atoms with Gasteiger partial charge < -0.3 is 0 Å². The van der Waals surface area contributed by atoms with E-state index >= 15 is 0 Å². The van der Waals surface area contributed by atoms with Gasteiger partial charge in [0.25, 0.3) is 5.56 Å². The van der Waals surface area contributed by atoms with Gasteiger partial charge in [0.1, 0.15) is 0 Å². The van der Waals surface area contributed by atoms with Crippen LogP contribution >= 0.6 is 0 Å². The SMILES string of the molecule is CCCCn1nc(-c2ccc(C(C)C)cc2)cc(C=O)c1=O. The van der Waals surface area contributed by atoms with Crippen LogP contribution in [0, 0.1) is 0 Å². The van der Waals surface area contributed by atoms with Gasteiger partial charge in [-0.1, -0.05) is 51.5 Å². The minimum atomic E-state index is -0.314. The van der Waals surface area contributed by atoms with E-state index in [0.717, 1.165) is 18.4 Å². The van der Waals surface area contributed by atoms with Crippen LogP contribution in [0.2, 0.25) is 0 Å². The number of nitrogens with zero attached hydrogens (tertiary/aromatic N) is 2. The van der Waals surface area contributed by atoms with Gasteiger partial charge in [0.05, 0.1) is 11.3 Å². The quantitative estimate of drug-likeness (QED) is 0.765. The zero-order chi connectivity index (χ0) is 16.1. The minimum absolute atomic E-state index is 0.161. The second-order valence-corrected chi connectivity index (χ2v) is 5.76. The molecule has 1 aromatic carbocycles. The number of benzene rings is 1. The van der Waals surface area contributed by atoms with E-state index in [1.807, 2.05) is 12.1 Å². The van der Waals surface area contributed by atoms with E-state index < -0.39 is 0 Å². The van der Waals surface area contributed by atoms with Gasteiger partial charge in [-0.15, -0.1) is 0 Å². The molecule has 1 aromatic heterocycles. The van der Waals surface area contributed by atoms with Crippen molar-refractivity contribution in [3.8, 4) is 11.3 Å². The van der Waals surface area contributed by atoms with Crippen molar-refractivity contribution >= 4 is 6.29 Å². The smallest absolute Gasteiger partial charge is 0.277 e. The molecule has 4 heteroatoms. The number of aldehydes is 1. The lowest BCUT2D eigenvalue weighted by molar-refractivity contribution is 0.112. The van der Waals surface area contributed by atoms with Crippen molar-refractivity contribution in [2.45, 2.75) is 46.1 Å². The average Bonchev–Trinajstić information content (AvgIpc) is 2.54. The van der Waals surface area contributed by atoms with Crippen LogP contribution in [-0.4, -0.2) is 16.1 Å². The van der Waals surface area contributed by atoms with Crippen LogP contribution in [0.1, 0.15) is 55.5 Å². The molecule has 0 bridgehead atoms. The lowest BCUT2D eigenvalue weighted by Gasteiger charge is -2.10. The van der Waals surface area contributed by atoms with E-state index in [0.29, 0.717) is 24.4 Å². The summed E-state index contributed by atoms with van der Waals surface area (Å²) >= 11 is 0. The average molecular weight is 298 g/mol. The van der Waals surface area contributed by atoms with Gasteiger partial charge in [-0.2, -0.15) is 5.10 Å². The van der Waals surface area contributed by atoms with E-state index in [1.54, 1.807) is 6.07 Å². The molecule has 0 spiro atoms. The number of aromatic nitrogens is 2. The Bertz CT molecular complexity index is 700. The normalized spacial score (nSPS) is 10.9. The van der Waals surface area contributed by atoms with Gasteiger partial charge in [-0.05, 0) is 24.0 Å². The Morgan fingerprint density at radius 2 is 1.91 bits per heavy atom. The molecule has 0 unspecified atom stereocenters. The summed E-state index contributed by atoms with van der Waals surface area (Å²) in [5.74, 6) is 0.464. The molecule has 0 amide bonds. The first-order chi connectivity index (χ1) is 10.6. The highest BCUT2D eigenvalue weighted by Gasteiger charge is 2.10. The van der Waals surface area contributed by atoms with Crippen LogP contribution in [0.15, 0.2) is 35.1 Å². The fourth-order valence-corrected chi connectivity index (χ4v) is 2.29. The molecule has 22 heavy (non-hydrogen) atoms.